The third-order valence-electron chi connectivity index (χ3n) is 8.43. The molecule has 45 heavy (non-hydrogen) atoms. The molecule has 0 saturated heterocycles. The second kappa shape index (κ2) is 10.4. The van der Waals surface area contributed by atoms with Crippen LogP contribution in [-0.4, -0.2) is 0 Å². The molecule has 1 heteroatoms. The average molecular weight is 582 g/mol. The summed E-state index contributed by atoms with van der Waals surface area (Å²) in [7, 11) is 0. The smallest absolute Gasteiger partial charge is 0.136 e. The fourth-order valence-corrected chi connectivity index (χ4v) is 6.54. The molecule has 0 amide bonds. The summed E-state index contributed by atoms with van der Waals surface area (Å²) in [6.45, 7) is 0. The number of rotatable bonds is 4. The van der Waals surface area contributed by atoms with Crippen molar-refractivity contribution in [3.63, 3.8) is 0 Å². The highest BCUT2D eigenvalue weighted by molar-refractivity contribution is 6.27. The molecule has 0 aliphatic heterocycles. The summed E-state index contributed by atoms with van der Waals surface area (Å²) in [5.41, 5.74) is 5.20. The number of hydrogen-bond acceptors (Lipinski definition) is 1. The molecule has 1 nitrogen and oxygen atoms in total. The van der Waals surface area contributed by atoms with E-state index in [0.29, 0.717) is 16.3 Å². The van der Waals surface area contributed by atoms with E-state index in [1.165, 1.54) is 0 Å². The summed E-state index contributed by atoms with van der Waals surface area (Å²) in [6.07, 6.45) is 0. The van der Waals surface area contributed by atoms with Gasteiger partial charge in [-0.3, -0.25) is 0 Å². The SMILES string of the molecule is [2H]c1c([2H])c([2H])c(-c2c([2H])c([2H])c(-c3c4ccccc4c(-c4c(-c5ccccc5)ccc5oc6ccccc6c45)c4ccccc34)c([2H])c2[2H])c([2H])c1[2H]. The van der Waals surface area contributed by atoms with Gasteiger partial charge in [-0.15, -0.1) is 0 Å². The zero-order chi connectivity index (χ0) is 37.6. The minimum Gasteiger partial charge on any atom is -0.456 e. The van der Waals surface area contributed by atoms with Crippen LogP contribution in [-0.2, 0) is 0 Å². The van der Waals surface area contributed by atoms with Crippen LogP contribution in [0.4, 0.5) is 0 Å². The topological polar surface area (TPSA) is 13.1 Å². The summed E-state index contributed by atoms with van der Waals surface area (Å²) < 4.78 is 85.1. The molecule has 0 atom stereocenters. The van der Waals surface area contributed by atoms with Crippen molar-refractivity contribution in [1.82, 2.24) is 0 Å². The zero-order valence-electron chi connectivity index (χ0n) is 32.9. The van der Waals surface area contributed by atoms with Crippen molar-refractivity contribution in [3.8, 4) is 44.5 Å². The normalized spacial score (nSPS) is 14.4. The Morgan fingerprint density at radius 2 is 0.889 bits per heavy atom. The third-order valence-corrected chi connectivity index (χ3v) is 8.43. The van der Waals surface area contributed by atoms with Crippen molar-refractivity contribution in [3.05, 3.63) is 170 Å². The lowest BCUT2D eigenvalue weighted by Crippen LogP contribution is -1.93. The molecule has 0 bridgehead atoms. The number of fused-ring (bicyclic) bond motifs is 5. The van der Waals surface area contributed by atoms with Crippen molar-refractivity contribution in [1.29, 1.82) is 0 Å². The predicted octanol–water partition coefficient (Wildman–Crippen LogP) is 12.6. The maximum Gasteiger partial charge on any atom is 0.136 e. The van der Waals surface area contributed by atoms with Gasteiger partial charge >= 0.3 is 0 Å². The third kappa shape index (κ3) is 4.09. The van der Waals surface area contributed by atoms with E-state index in [-0.39, 0.29) is 28.8 Å². The molecule has 0 aliphatic rings. The van der Waals surface area contributed by atoms with Gasteiger partial charge in [-0.05, 0) is 72.6 Å². The lowest BCUT2D eigenvalue weighted by atomic mass is 9.82. The molecule has 0 N–H and O–H groups in total. The molecular formula is C44H28O. The first kappa shape index (κ1) is 18.0. The largest absolute Gasteiger partial charge is 0.456 e. The van der Waals surface area contributed by atoms with Gasteiger partial charge < -0.3 is 4.42 Å². The Bertz CT molecular complexity index is 2930. The highest BCUT2D eigenvalue weighted by Gasteiger charge is 2.23. The van der Waals surface area contributed by atoms with Gasteiger partial charge in [0.05, 0.1) is 12.3 Å². The van der Waals surface area contributed by atoms with Gasteiger partial charge in [0.15, 0.2) is 0 Å². The highest BCUT2D eigenvalue weighted by atomic mass is 16.3. The minimum atomic E-state index is -0.616. The van der Waals surface area contributed by atoms with Gasteiger partial charge in [-0.2, -0.15) is 0 Å². The maximum atomic E-state index is 9.39. The fourth-order valence-electron chi connectivity index (χ4n) is 6.54. The monoisotopic (exact) mass is 581 g/mol. The fraction of sp³-hybridized carbons (Fsp3) is 0. The van der Waals surface area contributed by atoms with Gasteiger partial charge in [0.1, 0.15) is 11.2 Å². The van der Waals surface area contributed by atoms with Crippen molar-refractivity contribution >= 4 is 43.5 Å². The summed E-state index contributed by atoms with van der Waals surface area (Å²) in [5.74, 6) is 0. The van der Waals surface area contributed by atoms with Crippen LogP contribution in [0.2, 0.25) is 0 Å². The van der Waals surface area contributed by atoms with Crippen LogP contribution in [0.25, 0.3) is 88.0 Å². The molecule has 0 spiro atoms. The Kier molecular flexibility index (Phi) is 4.15. The van der Waals surface area contributed by atoms with Crippen LogP contribution in [0.15, 0.2) is 174 Å². The minimum absolute atomic E-state index is 0.0512. The van der Waals surface area contributed by atoms with Crippen LogP contribution in [0, 0.1) is 0 Å². The average Bonchev–Trinajstić information content (AvgIpc) is 3.59. The number of benzene rings is 8. The van der Waals surface area contributed by atoms with Gasteiger partial charge in [-0.1, -0.05) is 158 Å². The van der Waals surface area contributed by atoms with Crippen LogP contribution < -0.4 is 0 Å². The van der Waals surface area contributed by atoms with Crippen molar-refractivity contribution in [2.75, 3.05) is 0 Å². The molecule has 9 aromatic rings. The molecule has 1 aromatic heterocycles. The van der Waals surface area contributed by atoms with E-state index in [0.717, 1.165) is 55.0 Å². The molecule has 8 aromatic carbocycles. The van der Waals surface area contributed by atoms with Gasteiger partial charge in [-0.25, -0.2) is 0 Å². The van der Waals surface area contributed by atoms with E-state index >= 15 is 0 Å². The first-order chi connectivity index (χ1) is 26.1. The Balaban J connectivity index is 1.44. The molecule has 0 unspecified atom stereocenters. The van der Waals surface area contributed by atoms with Gasteiger partial charge in [0.2, 0.25) is 0 Å². The summed E-state index contributed by atoms with van der Waals surface area (Å²) in [4.78, 5) is 0. The van der Waals surface area contributed by atoms with Gasteiger partial charge in [0, 0.05) is 16.3 Å². The number of furan rings is 1. The molecule has 210 valence electrons. The van der Waals surface area contributed by atoms with Gasteiger partial charge in [0.25, 0.3) is 0 Å². The summed E-state index contributed by atoms with van der Waals surface area (Å²) in [5, 5.41) is 4.96. The van der Waals surface area contributed by atoms with Crippen LogP contribution in [0.3, 0.4) is 0 Å². The van der Waals surface area contributed by atoms with Crippen molar-refractivity contribution in [2.45, 2.75) is 0 Å². The number of para-hydroxylation sites is 1. The van der Waals surface area contributed by atoms with Crippen LogP contribution >= 0.6 is 0 Å². The van der Waals surface area contributed by atoms with E-state index in [2.05, 4.69) is 24.3 Å². The molecular weight excluding hydrogens is 544 g/mol. The van der Waals surface area contributed by atoms with E-state index < -0.39 is 42.3 Å². The Morgan fingerprint density at radius 3 is 1.56 bits per heavy atom. The second-order valence-electron chi connectivity index (χ2n) is 10.9. The first-order valence-corrected chi connectivity index (χ1v) is 14.7. The number of hydrogen-bond donors (Lipinski definition) is 0. The van der Waals surface area contributed by atoms with Crippen molar-refractivity contribution in [2.24, 2.45) is 0 Å². The summed E-state index contributed by atoms with van der Waals surface area (Å²) >= 11 is 0. The lowest BCUT2D eigenvalue weighted by Gasteiger charge is -2.20. The zero-order valence-corrected chi connectivity index (χ0v) is 23.9. The Labute approximate surface area is 274 Å². The maximum absolute atomic E-state index is 9.39. The molecule has 1 heterocycles. The van der Waals surface area contributed by atoms with Crippen LogP contribution in [0.5, 0.6) is 0 Å². The molecule has 0 radical (unpaired) electrons. The second-order valence-corrected chi connectivity index (χ2v) is 10.9. The lowest BCUT2D eigenvalue weighted by molar-refractivity contribution is 0.669. The Morgan fingerprint density at radius 1 is 0.356 bits per heavy atom. The standard InChI is InChI=1S/C44H28O/c1-3-13-29(14-4-1)30-23-25-32(26-24-30)41-34-17-7-9-19-36(34)42(37-20-10-8-18-35(37)41)44-33(31-15-5-2-6-16-31)27-28-40-43(44)38-21-11-12-22-39(38)45-40/h1-28H/i1D,3D,4D,13D,14D,23D,24D,25D,26D. The van der Waals surface area contributed by atoms with E-state index in [4.69, 9.17) is 11.3 Å². The first-order valence-electron chi connectivity index (χ1n) is 19.2. The van der Waals surface area contributed by atoms with E-state index in [1.54, 1.807) is 0 Å². The summed E-state index contributed by atoms with van der Waals surface area (Å²) in [6, 6.07) is 32.9. The predicted molar refractivity (Wildman–Crippen MR) is 190 cm³/mol. The molecule has 0 aliphatic carbocycles. The molecule has 0 saturated carbocycles. The van der Waals surface area contributed by atoms with Crippen molar-refractivity contribution < 1.29 is 16.8 Å². The highest BCUT2D eigenvalue weighted by Crippen LogP contribution is 2.50. The quantitative estimate of drug-likeness (QED) is 0.188. The van der Waals surface area contributed by atoms with E-state index in [1.807, 2.05) is 91.0 Å². The molecule has 0 fully saturated rings. The Hall–Kier alpha value is -5.92. The van der Waals surface area contributed by atoms with E-state index in [9.17, 15) is 5.48 Å². The molecule has 9 rings (SSSR count). The van der Waals surface area contributed by atoms with Crippen LogP contribution in [0.1, 0.15) is 12.3 Å².